The van der Waals surface area contributed by atoms with Gasteiger partial charge >= 0.3 is 17.7 Å². The van der Waals surface area contributed by atoms with Crippen LogP contribution in [0, 0.1) is 0 Å². The Morgan fingerprint density at radius 3 is 2.31 bits per heavy atom. The first-order valence-corrected chi connectivity index (χ1v) is 15.1. The number of nitrogens with zero attached hydrogens (tertiary/aromatic N) is 3. The van der Waals surface area contributed by atoms with Crippen LogP contribution in [0.1, 0.15) is 5.56 Å². The first-order valence-electron chi connectivity index (χ1n) is 14.7. The fourth-order valence-corrected chi connectivity index (χ4v) is 5.06. The minimum atomic E-state index is -0.622. The lowest BCUT2D eigenvalue weighted by Gasteiger charge is -2.13. The molecule has 0 unspecified atom stereocenters. The van der Waals surface area contributed by atoms with E-state index in [1.165, 1.54) is 6.07 Å². The Kier molecular flexibility index (Phi) is 9.53. The molecule has 2 amide bonds. The monoisotopic (exact) mass is 663 g/mol. The molecular weight excluding hydrogens is 634 g/mol. The van der Waals surface area contributed by atoms with Crippen molar-refractivity contribution in [3.8, 4) is 23.3 Å². The molecule has 6 rings (SSSR count). The number of hydrogen-bond donors (Lipinski definition) is 4. The topological polar surface area (TPSA) is 162 Å². The minimum Gasteiger partial charge on any atom is -0.493 e. The van der Waals surface area contributed by atoms with E-state index in [1.54, 1.807) is 44.6 Å². The molecular formula is C34H29N7O6S. The van der Waals surface area contributed by atoms with Crippen LogP contribution in [0.2, 0.25) is 0 Å². The molecule has 2 aromatic heterocycles. The van der Waals surface area contributed by atoms with Gasteiger partial charge < -0.3 is 34.6 Å². The average molecular weight is 664 g/mol. The lowest BCUT2D eigenvalue weighted by atomic mass is 10.1. The summed E-state index contributed by atoms with van der Waals surface area (Å²) in [5, 5.41) is 14.0. The number of carbonyl (C=O) groups is 1. The van der Waals surface area contributed by atoms with Crippen LogP contribution >= 0.6 is 12.2 Å². The number of hydrogen-bond acceptors (Lipinski definition) is 10. The van der Waals surface area contributed by atoms with Crippen molar-refractivity contribution >= 4 is 62.7 Å². The number of benzene rings is 4. The van der Waals surface area contributed by atoms with Gasteiger partial charge in [-0.05, 0) is 59.9 Å². The molecule has 0 spiro atoms. The number of aromatic nitrogens is 3. The van der Waals surface area contributed by atoms with Gasteiger partial charge in [-0.2, -0.15) is 15.0 Å². The number of carbonyl (C=O) groups excluding carboxylic acids is 1. The lowest BCUT2D eigenvalue weighted by Crippen LogP contribution is -2.31. The van der Waals surface area contributed by atoms with Gasteiger partial charge in [0.2, 0.25) is 11.9 Å². The van der Waals surface area contributed by atoms with Gasteiger partial charge in [0.05, 0.1) is 31.4 Å². The Bertz CT molecular complexity index is 2190. The van der Waals surface area contributed by atoms with Gasteiger partial charge in [0.25, 0.3) is 0 Å². The summed E-state index contributed by atoms with van der Waals surface area (Å²) < 4.78 is 21.9. The summed E-state index contributed by atoms with van der Waals surface area (Å²) in [6.07, 6.45) is 0.624. The molecule has 4 aromatic carbocycles. The number of para-hydroxylation sites is 1. The van der Waals surface area contributed by atoms with Crippen LogP contribution in [0.25, 0.3) is 21.7 Å². The first-order chi connectivity index (χ1) is 23.4. The van der Waals surface area contributed by atoms with Gasteiger partial charge in [0.1, 0.15) is 11.3 Å². The first kappa shape index (κ1) is 31.7. The zero-order chi connectivity index (χ0) is 33.5. The van der Waals surface area contributed by atoms with E-state index in [2.05, 4.69) is 36.2 Å². The summed E-state index contributed by atoms with van der Waals surface area (Å²) in [7, 11) is 3.16. The van der Waals surface area contributed by atoms with E-state index in [-0.39, 0.29) is 28.8 Å². The van der Waals surface area contributed by atoms with E-state index in [9.17, 15) is 9.59 Å². The van der Waals surface area contributed by atoms with E-state index in [0.717, 1.165) is 16.3 Å². The highest BCUT2D eigenvalue weighted by Gasteiger charge is 2.16. The molecule has 6 aromatic rings. The number of methoxy groups -OCH3 is 2. The Balaban J connectivity index is 1.21. The predicted molar refractivity (Wildman–Crippen MR) is 186 cm³/mol. The Morgan fingerprint density at radius 1 is 0.771 bits per heavy atom. The molecule has 48 heavy (non-hydrogen) atoms. The third-order valence-electron chi connectivity index (χ3n) is 7.06. The fourth-order valence-electron chi connectivity index (χ4n) is 4.87. The Hall–Kier alpha value is -6.28. The molecule has 13 nitrogen and oxygen atoms in total. The number of anilines is 3. The molecule has 2 heterocycles. The third-order valence-corrected chi connectivity index (χ3v) is 7.31. The van der Waals surface area contributed by atoms with E-state index in [4.69, 9.17) is 30.8 Å². The third kappa shape index (κ3) is 7.57. The van der Waals surface area contributed by atoms with Crippen LogP contribution in [-0.2, 0) is 6.42 Å². The maximum atomic E-state index is 13.1. The maximum Gasteiger partial charge on any atom is 0.339 e. The van der Waals surface area contributed by atoms with Crippen molar-refractivity contribution in [2.75, 3.05) is 36.7 Å². The average Bonchev–Trinajstić information content (AvgIpc) is 3.08. The van der Waals surface area contributed by atoms with Gasteiger partial charge in [-0.3, -0.25) is 5.32 Å². The maximum absolute atomic E-state index is 13.1. The summed E-state index contributed by atoms with van der Waals surface area (Å²) >= 11 is 5.49. The largest absolute Gasteiger partial charge is 0.493 e. The fraction of sp³-hybridized carbons (Fsp3) is 0.118. The van der Waals surface area contributed by atoms with Crippen molar-refractivity contribution in [3.63, 3.8) is 0 Å². The number of amides is 2. The van der Waals surface area contributed by atoms with Gasteiger partial charge in [-0.1, -0.05) is 54.6 Å². The Labute approximate surface area is 279 Å². The van der Waals surface area contributed by atoms with Crippen molar-refractivity contribution in [1.29, 1.82) is 0 Å². The number of urea groups is 1. The molecule has 0 aliphatic heterocycles. The van der Waals surface area contributed by atoms with Crippen molar-refractivity contribution in [2.24, 2.45) is 0 Å². The van der Waals surface area contributed by atoms with Gasteiger partial charge in [-0.25, -0.2) is 9.59 Å². The molecule has 0 atom stereocenters. The number of rotatable bonds is 10. The number of nitrogens with one attached hydrogen (secondary N) is 4. The summed E-state index contributed by atoms with van der Waals surface area (Å²) in [6.45, 7) is 0.472. The molecule has 0 fully saturated rings. The van der Waals surface area contributed by atoms with Crippen LogP contribution in [0.3, 0.4) is 0 Å². The molecule has 4 N–H and O–H groups in total. The zero-order valence-electron chi connectivity index (χ0n) is 25.8. The Morgan fingerprint density at radius 2 is 1.50 bits per heavy atom. The minimum absolute atomic E-state index is 0.0173. The summed E-state index contributed by atoms with van der Waals surface area (Å²) in [6, 6.07) is 26.1. The predicted octanol–water partition coefficient (Wildman–Crippen LogP) is 6.11. The lowest BCUT2D eigenvalue weighted by molar-refractivity contribution is 0.262. The van der Waals surface area contributed by atoms with E-state index >= 15 is 0 Å². The molecule has 14 heteroatoms. The van der Waals surface area contributed by atoms with Crippen molar-refractivity contribution in [1.82, 2.24) is 20.3 Å². The highest BCUT2D eigenvalue weighted by Crippen LogP contribution is 2.29. The molecule has 0 radical (unpaired) electrons. The standard InChI is InChI=1S/C34H29N7O6S/c1-44-26-15-14-20(18-28(26)45-2)16-17-35-34(48)41-31-37-30(38-32(43)36-24-12-7-9-21-8-3-4-10-22(21)24)39-33(40-31)47-27-19-29(42)46-25-13-6-5-11-23(25)27/h3-15,18-19H,16-17H2,1-2H3,(H4,35,36,37,38,39,40,41,43,48). The molecule has 0 saturated heterocycles. The summed E-state index contributed by atoms with van der Waals surface area (Å²) in [5.41, 5.74) is 1.29. The molecule has 0 aliphatic rings. The quantitative estimate of drug-likeness (QED) is 0.0984. The van der Waals surface area contributed by atoms with Gasteiger partial charge in [0.15, 0.2) is 16.6 Å². The van der Waals surface area contributed by atoms with E-state index in [1.807, 2.05) is 54.6 Å². The SMILES string of the molecule is COc1ccc(CCNC(=S)Nc2nc(NC(=O)Nc3cccc4ccccc34)nc(Oc3cc(=O)oc4ccccc34)n2)cc1OC. The second kappa shape index (κ2) is 14.4. The number of ether oxygens (including phenoxy) is 3. The zero-order valence-corrected chi connectivity index (χ0v) is 26.6. The molecule has 242 valence electrons. The van der Waals surface area contributed by atoms with E-state index in [0.29, 0.717) is 41.1 Å². The van der Waals surface area contributed by atoms with Crippen LogP contribution in [-0.4, -0.2) is 46.9 Å². The van der Waals surface area contributed by atoms with Crippen LogP contribution in [0.5, 0.6) is 23.3 Å². The number of fused-ring (bicyclic) bond motifs is 2. The van der Waals surface area contributed by atoms with Gasteiger partial charge in [0, 0.05) is 11.9 Å². The second-order valence-corrected chi connectivity index (χ2v) is 10.6. The number of thiocarbonyl (C=S) groups is 1. The van der Waals surface area contributed by atoms with Crippen molar-refractivity contribution in [3.05, 3.63) is 107 Å². The summed E-state index contributed by atoms with van der Waals surface area (Å²) in [4.78, 5) is 38.3. The molecule has 0 bridgehead atoms. The van der Waals surface area contributed by atoms with Crippen molar-refractivity contribution in [2.45, 2.75) is 6.42 Å². The smallest absolute Gasteiger partial charge is 0.339 e. The van der Waals surface area contributed by atoms with Gasteiger partial charge in [-0.15, -0.1) is 0 Å². The molecule has 0 aliphatic carbocycles. The summed E-state index contributed by atoms with van der Waals surface area (Å²) in [5.74, 6) is 1.26. The molecule has 0 saturated carbocycles. The van der Waals surface area contributed by atoms with Crippen LogP contribution in [0.4, 0.5) is 22.4 Å². The second-order valence-electron chi connectivity index (χ2n) is 10.2. The highest BCUT2D eigenvalue weighted by atomic mass is 32.1. The van der Waals surface area contributed by atoms with Crippen molar-refractivity contribution < 1.29 is 23.4 Å². The highest BCUT2D eigenvalue weighted by molar-refractivity contribution is 7.80. The van der Waals surface area contributed by atoms with Crippen LogP contribution in [0.15, 0.2) is 100 Å². The normalized spacial score (nSPS) is 10.7. The van der Waals surface area contributed by atoms with Crippen LogP contribution < -0.4 is 41.1 Å². The van der Waals surface area contributed by atoms with E-state index < -0.39 is 11.7 Å².